The zero-order chi connectivity index (χ0) is 14.7. The molecule has 5 heteroatoms. The third-order valence-electron chi connectivity index (χ3n) is 4.86. The van der Waals surface area contributed by atoms with Crippen LogP contribution in [0, 0.1) is 5.92 Å². The average Bonchev–Trinajstić information content (AvgIpc) is 3.10. The van der Waals surface area contributed by atoms with E-state index in [0.29, 0.717) is 12.0 Å². The van der Waals surface area contributed by atoms with Crippen molar-refractivity contribution in [2.75, 3.05) is 26.4 Å². The van der Waals surface area contributed by atoms with E-state index in [1.807, 2.05) is 12.5 Å². The van der Waals surface area contributed by atoms with Crippen LogP contribution < -0.4 is 5.32 Å². The molecule has 21 heavy (non-hydrogen) atoms. The summed E-state index contributed by atoms with van der Waals surface area (Å²) in [5.74, 6) is 0.586. The lowest BCUT2D eigenvalue weighted by Gasteiger charge is -2.40. The van der Waals surface area contributed by atoms with E-state index >= 15 is 0 Å². The molecule has 0 aromatic carbocycles. The SMILES string of the molecule is CCCNC(c1cncn1C)C1CCOC2(CCOC2)C1. The molecule has 118 valence electrons. The largest absolute Gasteiger partial charge is 0.378 e. The fourth-order valence-corrected chi connectivity index (χ4v) is 3.69. The molecule has 3 heterocycles. The highest BCUT2D eigenvalue weighted by atomic mass is 16.6. The summed E-state index contributed by atoms with van der Waals surface area (Å²) in [6.07, 6.45) is 8.26. The second-order valence-corrected chi connectivity index (χ2v) is 6.45. The predicted molar refractivity (Wildman–Crippen MR) is 81.1 cm³/mol. The van der Waals surface area contributed by atoms with Crippen molar-refractivity contribution in [1.29, 1.82) is 0 Å². The van der Waals surface area contributed by atoms with Gasteiger partial charge in [-0.05, 0) is 31.7 Å². The first-order valence-corrected chi connectivity index (χ1v) is 8.15. The van der Waals surface area contributed by atoms with Gasteiger partial charge in [0.25, 0.3) is 0 Å². The first-order chi connectivity index (χ1) is 10.2. The molecule has 3 unspecified atom stereocenters. The van der Waals surface area contributed by atoms with Gasteiger partial charge in [-0.1, -0.05) is 6.92 Å². The fraction of sp³-hybridized carbons (Fsp3) is 0.812. The minimum absolute atomic E-state index is 0.0341. The van der Waals surface area contributed by atoms with Gasteiger partial charge in [0.15, 0.2) is 0 Å². The van der Waals surface area contributed by atoms with Crippen LogP contribution in [0.3, 0.4) is 0 Å². The second kappa shape index (κ2) is 6.46. The van der Waals surface area contributed by atoms with Crippen LogP contribution in [0.5, 0.6) is 0 Å². The van der Waals surface area contributed by atoms with Gasteiger partial charge >= 0.3 is 0 Å². The molecule has 1 aromatic heterocycles. The third-order valence-corrected chi connectivity index (χ3v) is 4.86. The molecule has 1 spiro atoms. The van der Waals surface area contributed by atoms with Crippen molar-refractivity contribution in [2.45, 2.75) is 44.2 Å². The Balaban J connectivity index is 1.77. The average molecular weight is 293 g/mol. The van der Waals surface area contributed by atoms with Crippen molar-refractivity contribution < 1.29 is 9.47 Å². The monoisotopic (exact) mass is 293 g/mol. The summed E-state index contributed by atoms with van der Waals surface area (Å²) >= 11 is 0. The van der Waals surface area contributed by atoms with Gasteiger partial charge in [-0.15, -0.1) is 0 Å². The first-order valence-electron chi connectivity index (χ1n) is 8.15. The van der Waals surface area contributed by atoms with Gasteiger partial charge in [-0.25, -0.2) is 4.98 Å². The van der Waals surface area contributed by atoms with Crippen LogP contribution in [0.1, 0.15) is 44.3 Å². The van der Waals surface area contributed by atoms with Crippen LogP contribution in [-0.2, 0) is 16.5 Å². The molecule has 2 aliphatic heterocycles. The van der Waals surface area contributed by atoms with Crippen molar-refractivity contribution >= 4 is 0 Å². The lowest BCUT2D eigenvalue weighted by atomic mass is 9.80. The highest BCUT2D eigenvalue weighted by molar-refractivity contribution is 5.08. The Hall–Kier alpha value is -0.910. The van der Waals surface area contributed by atoms with Crippen LogP contribution in [0.25, 0.3) is 0 Å². The number of aromatic nitrogens is 2. The van der Waals surface area contributed by atoms with Crippen LogP contribution in [0.15, 0.2) is 12.5 Å². The standard InChI is InChI=1S/C16H27N3O2/c1-3-6-18-15(14-10-17-12-19(14)2)13-4-7-21-16(9-13)5-8-20-11-16/h10,12-13,15,18H,3-9,11H2,1-2H3. The summed E-state index contributed by atoms with van der Waals surface area (Å²) in [5, 5.41) is 3.73. The van der Waals surface area contributed by atoms with Gasteiger partial charge in [-0.3, -0.25) is 0 Å². The van der Waals surface area contributed by atoms with E-state index in [1.54, 1.807) is 0 Å². The van der Waals surface area contributed by atoms with E-state index in [9.17, 15) is 0 Å². The van der Waals surface area contributed by atoms with Gasteiger partial charge in [0.2, 0.25) is 0 Å². The van der Waals surface area contributed by atoms with Crippen LogP contribution in [0.2, 0.25) is 0 Å². The topological polar surface area (TPSA) is 48.3 Å². The summed E-state index contributed by atoms with van der Waals surface area (Å²) < 4.78 is 13.8. The minimum atomic E-state index is -0.0341. The highest BCUT2D eigenvalue weighted by Gasteiger charge is 2.43. The Bertz CT molecular complexity index is 454. The minimum Gasteiger partial charge on any atom is -0.378 e. The molecule has 0 aliphatic carbocycles. The van der Waals surface area contributed by atoms with Crippen molar-refractivity contribution in [2.24, 2.45) is 13.0 Å². The second-order valence-electron chi connectivity index (χ2n) is 6.45. The number of ether oxygens (including phenoxy) is 2. The van der Waals surface area contributed by atoms with Crippen molar-refractivity contribution in [3.8, 4) is 0 Å². The summed E-state index contributed by atoms with van der Waals surface area (Å²) in [7, 11) is 2.08. The number of hydrogen-bond acceptors (Lipinski definition) is 4. The van der Waals surface area contributed by atoms with E-state index in [1.165, 1.54) is 5.69 Å². The molecule has 3 rings (SSSR count). The normalized spacial score (nSPS) is 30.9. The van der Waals surface area contributed by atoms with Gasteiger partial charge in [0.05, 0.1) is 30.3 Å². The molecule has 2 saturated heterocycles. The number of nitrogens with one attached hydrogen (secondary N) is 1. The smallest absolute Gasteiger partial charge is 0.0946 e. The Kier molecular flexibility index (Phi) is 4.62. The molecule has 0 radical (unpaired) electrons. The molecule has 0 bridgehead atoms. The predicted octanol–water partition coefficient (Wildman–Crippen LogP) is 2.05. The zero-order valence-corrected chi connectivity index (χ0v) is 13.2. The first kappa shape index (κ1) is 15.0. The molecule has 2 fully saturated rings. The Morgan fingerprint density at radius 1 is 1.52 bits per heavy atom. The summed E-state index contributed by atoms with van der Waals surface area (Å²) in [4.78, 5) is 4.30. The van der Waals surface area contributed by atoms with Gasteiger partial charge in [0.1, 0.15) is 0 Å². The maximum Gasteiger partial charge on any atom is 0.0946 e. The number of hydrogen-bond donors (Lipinski definition) is 1. The van der Waals surface area contributed by atoms with E-state index < -0.39 is 0 Å². The Morgan fingerprint density at radius 3 is 3.10 bits per heavy atom. The van der Waals surface area contributed by atoms with E-state index in [-0.39, 0.29) is 5.60 Å². The molecule has 1 N–H and O–H groups in total. The Morgan fingerprint density at radius 2 is 2.43 bits per heavy atom. The molecule has 2 aliphatic rings. The maximum atomic E-state index is 6.08. The maximum absolute atomic E-state index is 6.08. The number of nitrogens with zero attached hydrogens (tertiary/aromatic N) is 2. The molecule has 3 atom stereocenters. The number of imidazole rings is 1. The molecule has 1 aromatic rings. The van der Waals surface area contributed by atoms with Crippen LogP contribution in [-0.4, -0.2) is 41.5 Å². The molecular formula is C16H27N3O2. The van der Waals surface area contributed by atoms with Crippen molar-refractivity contribution in [1.82, 2.24) is 14.9 Å². The quantitative estimate of drug-likeness (QED) is 0.902. The summed E-state index contributed by atoms with van der Waals surface area (Å²) in [6, 6.07) is 0.360. The number of aryl methyl sites for hydroxylation is 1. The molecular weight excluding hydrogens is 266 g/mol. The summed E-state index contributed by atoms with van der Waals surface area (Å²) in [6.45, 7) is 5.69. The van der Waals surface area contributed by atoms with Crippen LogP contribution >= 0.6 is 0 Å². The van der Waals surface area contributed by atoms with Crippen molar-refractivity contribution in [3.05, 3.63) is 18.2 Å². The van der Waals surface area contributed by atoms with E-state index in [0.717, 1.165) is 52.0 Å². The lowest BCUT2D eigenvalue weighted by molar-refractivity contribution is -0.103. The van der Waals surface area contributed by atoms with Crippen molar-refractivity contribution in [3.63, 3.8) is 0 Å². The van der Waals surface area contributed by atoms with Gasteiger partial charge < -0.3 is 19.4 Å². The third kappa shape index (κ3) is 3.15. The van der Waals surface area contributed by atoms with Gasteiger partial charge in [0, 0.05) is 32.9 Å². The lowest BCUT2D eigenvalue weighted by Crippen LogP contribution is -2.44. The van der Waals surface area contributed by atoms with E-state index in [4.69, 9.17) is 9.47 Å². The van der Waals surface area contributed by atoms with Gasteiger partial charge in [-0.2, -0.15) is 0 Å². The molecule has 0 amide bonds. The molecule has 5 nitrogen and oxygen atoms in total. The van der Waals surface area contributed by atoms with E-state index in [2.05, 4.69) is 28.8 Å². The Labute approximate surface area is 127 Å². The number of rotatable bonds is 5. The molecule has 0 saturated carbocycles. The summed E-state index contributed by atoms with van der Waals surface area (Å²) in [5.41, 5.74) is 1.25. The zero-order valence-electron chi connectivity index (χ0n) is 13.2. The highest BCUT2D eigenvalue weighted by Crippen LogP contribution is 2.40. The van der Waals surface area contributed by atoms with Crippen LogP contribution in [0.4, 0.5) is 0 Å². The fourth-order valence-electron chi connectivity index (χ4n) is 3.69.